The first kappa shape index (κ1) is 14.5. The van der Waals surface area contributed by atoms with Gasteiger partial charge in [-0.05, 0) is 30.3 Å². The molecule has 0 aliphatic heterocycles. The number of hydrogen-bond donors (Lipinski definition) is 5. The number of aromatic nitrogens is 2. The van der Waals surface area contributed by atoms with Crippen molar-refractivity contribution in [2.45, 2.75) is 6.04 Å². The van der Waals surface area contributed by atoms with E-state index in [-0.39, 0.29) is 11.4 Å². The number of primary amides is 1. The average molecular weight is 290 g/mol. The Morgan fingerprint density at radius 1 is 1.33 bits per heavy atom. The molecule has 0 bridgehead atoms. The van der Waals surface area contributed by atoms with Crippen molar-refractivity contribution in [2.75, 3.05) is 6.61 Å². The van der Waals surface area contributed by atoms with Crippen molar-refractivity contribution in [3.05, 3.63) is 36.0 Å². The highest BCUT2D eigenvalue weighted by molar-refractivity contribution is 5.96. The third-order valence-corrected chi connectivity index (χ3v) is 2.82. The molecule has 0 unspecified atom stereocenters. The number of amides is 2. The van der Waals surface area contributed by atoms with E-state index in [1.54, 1.807) is 12.1 Å². The maximum absolute atomic E-state index is 11.9. The van der Waals surface area contributed by atoms with E-state index in [1.165, 1.54) is 18.2 Å². The molecule has 0 spiro atoms. The molecule has 0 aliphatic rings. The lowest BCUT2D eigenvalue weighted by molar-refractivity contribution is -0.120. The van der Waals surface area contributed by atoms with Crippen LogP contribution in [0.4, 0.5) is 0 Å². The van der Waals surface area contributed by atoms with Gasteiger partial charge in [0.05, 0.1) is 12.3 Å². The number of aliphatic hydroxyl groups excluding tert-OH is 1. The van der Waals surface area contributed by atoms with Crippen molar-refractivity contribution >= 4 is 11.8 Å². The summed E-state index contributed by atoms with van der Waals surface area (Å²) in [6.07, 6.45) is 0. The number of hydrogen-bond acceptors (Lipinski definition) is 5. The van der Waals surface area contributed by atoms with E-state index in [0.29, 0.717) is 11.3 Å². The standard InChI is InChI=1S/C13H14N4O4/c14-12(20)11(6-18)15-13(21)10-5-9(16-17-10)7-1-3-8(19)4-2-7/h1-5,11,18-19H,6H2,(H2,14,20)(H,15,21)(H,16,17)/t11-/m0/s1. The number of phenolic OH excluding ortho intramolecular Hbond substituents is 1. The van der Waals surface area contributed by atoms with Crippen LogP contribution in [-0.2, 0) is 4.79 Å². The summed E-state index contributed by atoms with van der Waals surface area (Å²) in [5, 5.41) is 26.9. The third kappa shape index (κ3) is 3.37. The number of H-pyrrole nitrogens is 1. The van der Waals surface area contributed by atoms with E-state index in [4.69, 9.17) is 10.8 Å². The van der Waals surface area contributed by atoms with Crippen molar-refractivity contribution < 1.29 is 19.8 Å². The van der Waals surface area contributed by atoms with Gasteiger partial charge in [-0.2, -0.15) is 5.10 Å². The van der Waals surface area contributed by atoms with E-state index in [9.17, 15) is 14.7 Å². The number of rotatable bonds is 5. The molecule has 1 aromatic carbocycles. The molecule has 0 saturated heterocycles. The van der Waals surface area contributed by atoms with Crippen molar-refractivity contribution in [3.63, 3.8) is 0 Å². The summed E-state index contributed by atoms with van der Waals surface area (Å²) < 4.78 is 0. The van der Waals surface area contributed by atoms with E-state index in [2.05, 4.69) is 15.5 Å². The van der Waals surface area contributed by atoms with Crippen LogP contribution >= 0.6 is 0 Å². The van der Waals surface area contributed by atoms with Crippen LogP contribution in [0.15, 0.2) is 30.3 Å². The van der Waals surface area contributed by atoms with Gasteiger partial charge in [0.25, 0.3) is 5.91 Å². The first-order valence-corrected chi connectivity index (χ1v) is 6.07. The molecule has 1 atom stereocenters. The molecule has 1 heterocycles. The number of nitrogens with one attached hydrogen (secondary N) is 2. The predicted octanol–water partition coefficient (Wildman–Crippen LogP) is -0.642. The number of phenols is 1. The third-order valence-electron chi connectivity index (χ3n) is 2.82. The largest absolute Gasteiger partial charge is 0.508 e. The molecule has 8 nitrogen and oxygen atoms in total. The van der Waals surface area contributed by atoms with Crippen molar-refractivity contribution in [1.29, 1.82) is 0 Å². The highest BCUT2D eigenvalue weighted by Crippen LogP contribution is 2.20. The van der Waals surface area contributed by atoms with Gasteiger partial charge in [-0.25, -0.2) is 0 Å². The Balaban J connectivity index is 2.14. The number of benzene rings is 1. The van der Waals surface area contributed by atoms with Gasteiger partial charge in [-0.1, -0.05) is 0 Å². The Bertz CT molecular complexity index is 650. The van der Waals surface area contributed by atoms with Gasteiger partial charge in [0.1, 0.15) is 17.5 Å². The van der Waals surface area contributed by atoms with Crippen LogP contribution in [0.1, 0.15) is 10.5 Å². The number of aliphatic hydroxyl groups is 1. The number of carbonyl (C=O) groups excluding carboxylic acids is 2. The molecular formula is C13H14N4O4. The quantitative estimate of drug-likeness (QED) is 0.498. The Morgan fingerprint density at radius 3 is 2.57 bits per heavy atom. The lowest BCUT2D eigenvalue weighted by Crippen LogP contribution is -2.46. The number of aromatic hydroxyl groups is 1. The fourth-order valence-electron chi connectivity index (χ4n) is 1.66. The average Bonchev–Trinajstić information content (AvgIpc) is 2.94. The molecule has 8 heteroatoms. The second-order valence-corrected chi connectivity index (χ2v) is 4.32. The summed E-state index contributed by atoms with van der Waals surface area (Å²) in [5.41, 5.74) is 6.35. The zero-order valence-corrected chi connectivity index (χ0v) is 10.9. The minimum absolute atomic E-state index is 0.123. The summed E-state index contributed by atoms with van der Waals surface area (Å²) in [5.74, 6) is -1.31. The van der Waals surface area contributed by atoms with Crippen molar-refractivity contribution in [3.8, 4) is 17.0 Å². The molecule has 0 radical (unpaired) electrons. The number of nitrogens with two attached hydrogens (primary N) is 1. The number of aromatic amines is 1. The fraction of sp³-hybridized carbons (Fsp3) is 0.154. The zero-order valence-electron chi connectivity index (χ0n) is 10.9. The molecule has 21 heavy (non-hydrogen) atoms. The minimum Gasteiger partial charge on any atom is -0.508 e. The van der Waals surface area contributed by atoms with Gasteiger partial charge < -0.3 is 21.3 Å². The fourth-order valence-corrected chi connectivity index (χ4v) is 1.66. The zero-order chi connectivity index (χ0) is 15.4. The Hall–Kier alpha value is -2.87. The number of carbonyl (C=O) groups is 2. The number of nitrogens with zero attached hydrogens (tertiary/aromatic N) is 1. The van der Waals surface area contributed by atoms with Crippen LogP contribution in [0.2, 0.25) is 0 Å². The highest BCUT2D eigenvalue weighted by atomic mass is 16.3. The lowest BCUT2D eigenvalue weighted by Gasteiger charge is -2.11. The van der Waals surface area contributed by atoms with Crippen LogP contribution in [0, 0.1) is 0 Å². The van der Waals surface area contributed by atoms with Gasteiger partial charge in [0.15, 0.2) is 0 Å². The smallest absolute Gasteiger partial charge is 0.270 e. The SMILES string of the molecule is NC(=O)[C@H](CO)NC(=O)c1cc(-c2ccc(O)cc2)n[nH]1. The van der Waals surface area contributed by atoms with E-state index >= 15 is 0 Å². The maximum Gasteiger partial charge on any atom is 0.270 e. The van der Waals surface area contributed by atoms with Crippen LogP contribution in [0.25, 0.3) is 11.3 Å². The normalized spacial score (nSPS) is 11.9. The van der Waals surface area contributed by atoms with Gasteiger partial charge in [-0.15, -0.1) is 0 Å². The molecule has 2 amide bonds. The first-order chi connectivity index (χ1) is 10.0. The Morgan fingerprint density at radius 2 is 2.00 bits per heavy atom. The van der Waals surface area contributed by atoms with E-state index in [0.717, 1.165) is 0 Å². The van der Waals surface area contributed by atoms with E-state index < -0.39 is 24.5 Å². The molecule has 1 aromatic heterocycles. The first-order valence-electron chi connectivity index (χ1n) is 6.07. The molecule has 2 aromatic rings. The van der Waals surface area contributed by atoms with Gasteiger partial charge >= 0.3 is 0 Å². The lowest BCUT2D eigenvalue weighted by atomic mass is 10.1. The monoisotopic (exact) mass is 290 g/mol. The second-order valence-electron chi connectivity index (χ2n) is 4.32. The van der Waals surface area contributed by atoms with Crippen molar-refractivity contribution in [2.24, 2.45) is 5.73 Å². The molecule has 6 N–H and O–H groups in total. The van der Waals surface area contributed by atoms with Crippen LogP contribution < -0.4 is 11.1 Å². The molecule has 2 rings (SSSR count). The highest BCUT2D eigenvalue weighted by Gasteiger charge is 2.19. The van der Waals surface area contributed by atoms with Crippen LogP contribution in [-0.4, -0.2) is 44.9 Å². The summed E-state index contributed by atoms with van der Waals surface area (Å²) >= 11 is 0. The van der Waals surface area contributed by atoms with Gasteiger partial charge in [0.2, 0.25) is 5.91 Å². The summed E-state index contributed by atoms with van der Waals surface area (Å²) in [6.45, 7) is -0.583. The Labute approximate surface area is 119 Å². The summed E-state index contributed by atoms with van der Waals surface area (Å²) in [4.78, 5) is 22.8. The minimum atomic E-state index is -1.15. The molecule has 0 fully saturated rings. The van der Waals surface area contributed by atoms with Gasteiger partial charge in [0, 0.05) is 5.56 Å². The maximum atomic E-state index is 11.9. The summed E-state index contributed by atoms with van der Waals surface area (Å²) in [7, 11) is 0. The summed E-state index contributed by atoms with van der Waals surface area (Å²) in [6, 6.07) is 6.62. The van der Waals surface area contributed by atoms with Crippen molar-refractivity contribution in [1.82, 2.24) is 15.5 Å². The molecule has 0 aliphatic carbocycles. The van der Waals surface area contributed by atoms with Gasteiger partial charge in [-0.3, -0.25) is 14.7 Å². The van der Waals surface area contributed by atoms with E-state index in [1.807, 2.05) is 0 Å². The predicted molar refractivity (Wildman–Crippen MR) is 73.2 cm³/mol. The topological polar surface area (TPSA) is 141 Å². The van der Waals surface area contributed by atoms with Crippen LogP contribution in [0.5, 0.6) is 5.75 Å². The second kappa shape index (κ2) is 6.06. The molecule has 110 valence electrons. The molecular weight excluding hydrogens is 276 g/mol. The molecule has 0 saturated carbocycles. The van der Waals surface area contributed by atoms with Crippen LogP contribution in [0.3, 0.4) is 0 Å². The Kier molecular flexibility index (Phi) is 4.19.